The third-order valence-corrected chi connectivity index (χ3v) is 4.49. The van der Waals surface area contributed by atoms with Crippen LogP contribution in [0, 0.1) is 0 Å². The van der Waals surface area contributed by atoms with E-state index in [0.29, 0.717) is 26.3 Å². The number of amides is 2. The van der Waals surface area contributed by atoms with Crippen LogP contribution in [-0.4, -0.2) is 73.1 Å². The molecule has 0 bridgehead atoms. The lowest BCUT2D eigenvalue weighted by Gasteiger charge is -2.48. The van der Waals surface area contributed by atoms with Crippen LogP contribution in [0.3, 0.4) is 0 Å². The molecule has 0 unspecified atom stereocenters. The van der Waals surface area contributed by atoms with E-state index in [0.717, 1.165) is 19.4 Å². The van der Waals surface area contributed by atoms with Crippen LogP contribution in [0.15, 0.2) is 0 Å². The third kappa shape index (κ3) is 2.31. The maximum absolute atomic E-state index is 12.6. The number of carbonyl (C=O) groups excluding carboxylic acids is 2. The predicted molar refractivity (Wildman–Crippen MR) is 75.3 cm³/mol. The summed E-state index contributed by atoms with van der Waals surface area (Å²) in [7, 11) is 1.64. The van der Waals surface area contributed by atoms with E-state index < -0.39 is 5.54 Å². The minimum atomic E-state index is -0.640. The topological polar surface area (TPSA) is 61.9 Å². The van der Waals surface area contributed by atoms with Crippen molar-refractivity contribution in [2.75, 3.05) is 39.9 Å². The summed E-state index contributed by atoms with van der Waals surface area (Å²) in [6.45, 7) is 6.95. The molecule has 0 aromatic rings. The first-order chi connectivity index (χ1) is 9.60. The Hall–Kier alpha value is -1.14. The minimum absolute atomic E-state index is 0.0389. The molecule has 0 aliphatic carbocycles. The van der Waals surface area contributed by atoms with Crippen molar-refractivity contribution in [2.45, 2.75) is 38.3 Å². The number of rotatable bonds is 5. The highest BCUT2D eigenvalue weighted by Crippen LogP contribution is 2.33. The minimum Gasteiger partial charge on any atom is -0.376 e. The van der Waals surface area contributed by atoms with Crippen LogP contribution in [0.25, 0.3) is 0 Å². The molecule has 20 heavy (non-hydrogen) atoms. The van der Waals surface area contributed by atoms with Gasteiger partial charge in [0.25, 0.3) is 0 Å². The van der Waals surface area contributed by atoms with Gasteiger partial charge < -0.3 is 15.0 Å². The lowest BCUT2D eigenvalue weighted by molar-refractivity contribution is -0.176. The SMILES string of the molecule is CCN(CC)C(=O)[C@@H]1CCCN1C1(C(=O)NC)COC1. The van der Waals surface area contributed by atoms with E-state index in [9.17, 15) is 9.59 Å². The average Bonchev–Trinajstić information content (AvgIpc) is 2.88. The molecule has 2 amide bonds. The summed E-state index contributed by atoms with van der Waals surface area (Å²) >= 11 is 0. The maximum atomic E-state index is 12.6. The van der Waals surface area contributed by atoms with Gasteiger partial charge in [0, 0.05) is 26.7 Å². The molecule has 0 aromatic carbocycles. The average molecular weight is 283 g/mol. The van der Waals surface area contributed by atoms with E-state index in [2.05, 4.69) is 10.2 Å². The first-order valence-corrected chi connectivity index (χ1v) is 7.46. The van der Waals surface area contributed by atoms with Gasteiger partial charge >= 0.3 is 0 Å². The van der Waals surface area contributed by atoms with Crippen molar-refractivity contribution < 1.29 is 14.3 Å². The van der Waals surface area contributed by atoms with Crippen molar-refractivity contribution in [3.05, 3.63) is 0 Å². The van der Waals surface area contributed by atoms with Crippen LogP contribution in [0.5, 0.6) is 0 Å². The molecule has 0 radical (unpaired) electrons. The van der Waals surface area contributed by atoms with Gasteiger partial charge in [-0.25, -0.2) is 0 Å². The molecule has 6 heteroatoms. The summed E-state index contributed by atoms with van der Waals surface area (Å²) < 4.78 is 5.29. The monoisotopic (exact) mass is 283 g/mol. The van der Waals surface area contributed by atoms with Crippen LogP contribution >= 0.6 is 0 Å². The molecular weight excluding hydrogens is 258 g/mol. The highest BCUT2D eigenvalue weighted by Gasteiger charge is 2.55. The standard InChI is InChI=1S/C14H25N3O3/c1-4-16(5-2)12(18)11-7-6-8-17(11)14(9-20-10-14)13(19)15-3/h11H,4-10H2,1-3H3,(H,15,19)/t11-/m0/s1. The summed E-state index contributed by atoms with van der Waals surface area (Å²) in [5, 5.41) is 2.72. The normalized spacial score (nSPS) is 25.1. The van der Waals surface area contributed by atoms with Gasteiger partial charge in [0.1, 0.15) is 5.54 Å². The lowest BCUT2D eigenvalue weighted by Crippen LogP contribution is -2.71. The number of likely N-dealkylation sites (tertiary alicyclic amines) is 1. The van der Waals surface area contributed by atoms with Gasteiger partial charge in [0.2, 0.25) is 11.8 Å². The van der Waals surface area contributed by atoms with E-state index in [1.165, 1.54) is 0 Å². The Balaban J connectivity index is 2.18. The molecule has 0 spiro atoms. The number of nitrogens with one attached hydrogen (secondary N) is 1. The zero-order valence-electron chi connectivity index (χ0n) is 12.6. The highest BCUT2D eigenvalue weighted by atomic mass is 16.5. The largest absolute Gasteiger partial charge is 0.376 e. The third-order valence-electron chi connectivity index (χ3n) is 4.49. The molecular formula is C14H25N3O3. The second-order valence-corrected chi connectivity index (χ2v) is 5.47. The molecule has 0 saturated carbocycles. The Morgan fingerprint density at radius 2 is 2.00 bits per heavy atom. The number of hydrogen-bond donors (Lipinski definition) is 1. The Kier molecular flexibility index (Phi) is 4.65. The van der Waals surface area contributed by atoms with E-state index in [1.807, 2.05) is 18.7 Å². The van der Waals surface area contributed by atoms with E-state index >= 15 is 0 Å². The number of likely N-dealkylation sites (N-methyl/N-ethyl adjacent to an activating group) is 2. The Labute approximate surface area is 120 Å². The summed E-state index contributed by atoms with van der Waals surface area (Å²) in [5.41, 5.74) is -0.640. The van der Waals surface area contributed by atoms with Gasteiger partial charge in [-0.15, -0.1) is 0 Å². The van der Waals surface area contributed by atoms with Gasteiger partial charge in [-0.2, -0.15) is 0 Å². The molecule has 2 heterocycles. The van der Waals surface area contributed by atoms with Crippen molar-refractivity contribution in [3.8, 4) is 0 Å². The number of nitrogens with zero attached hydrogens (tertiary/aromatic N) is 2. The lowest BCUT2D eigenvalue weighted by atomic mass is 9.92. The molecule has 6 nitrogen and oxygen atoms in total. The molecule has 0 aromatic heterocycles. The Morgan fingerprint density at radius 3 is 2.45 bits per heavy atom. The number of hydrogen-bond acceptors (Lipinski definition) is 4. The van der Waals surface area contributed by atoms with Crippen LogP contribution in [0.4, 0.5) is 0 Å². The zero-order valence-corrected chi connectivity index (χ0v) is 12.6. The first-order valence-electron chi connectivity index (χ1n) is 7.46. The summed E-state index contributed by atoms with van der Waals surface area (Å²) in [5.74, 6) is 0.102. The van der Waals surface area contributed by atoms with Crippen LogP contribution in [0.2, 0.25) is 0 Å². The van der Waals surface area contributed by atoms with Crippen molar-refractivity contribution in [2.24, 2.45) is 0 Å². The number of ether oxygens (including phenoxy) is 1. The summed E-state index contributed by atoms with van der Waals surface area (Å²) in [6, 6.07) is -0.184. The molecule has 2 rings (SSSR count). The molecule has 114 valence electrons. The predicted octanol–water partition coefficient (Wildman–Crippen LogP) is -0.166. The molecule has 2 saturated heterocycles. The van der Waals surface area contributed by atoms with Crippen molar-refractivity contribution in [3.63, 3.8) is 0 Å². The van der Waals surface area contributed by atoms with Gasteiger partial charge in [-0.1, -0.05) is 0 Å². The highest BCUT2D eigenvalue weighted by molar-refractivity contribution is 5.89. The van der Waals surface area contributed by atoms with Crippen molar-refractivity contribution >= 4 is 11.8 Å². The van der Waals surface area contributed by atoms with Gasteiger partial charge in [0.05, 0.1) is 19.3 Å². The second kappa shape index (κ2) is 6.10. The van der Waals surface area contributed by atoms with Crippen molar-refractivity contribution in [1.29, 1.82) is 0 Å². The quantitative estimate of drug-likeness (QED) is 0.761. The second-order valence-electron chi connectivity index (χ2n) is 5.47. The molecule has 2 aliphatic rings. The van der Waals surface area contributed by atoms with Crippen LogP contribution < -0.4 is 5.32 Å². The number of carbonyl (C=O) groups is 2. The fourth-order valence-corrected chi connectivity index (χ4v) is 3.24. The molecule has 1 atom stereocenters. The van der Waals surface area contributed by atoms with Gasteiger partial charge in [-0.3, -0.25) is 14.5 Å². The van der Waals surface area contributed by atoms with Gasteiger partial charge in [-0.05, 0) is 26.7 Å². The molecule has 1 N–H and O–H groups in total. The Bertz CT molecular complexity index is 378. The summed E-state index contributed by atoms with van der Waals surface area (Å²) in [6.07, 6.45) is 1.78. The fraction of sp³-hybridized carbons (Fsp3) is 0.857. The van der Waals surface area contributed by atoms with Gasteiger partial charge in [0.15, 0.2) is 0 Å². The first kappa shape index (κ1) is 15.3. The molecule has 2 aliphatic heterocycles. The van der Waals surface area contributed by atoms with E-state index in [1.54, 1.807) is 7.05 Å². The Morgan fingerprint density at radius 1 is 1.35 bits per heavy atom. The van der Waals surface area contributed by atoms with Crippen LogP contribution in [0.1, 0.15) is 26.7 Å². The fourth-order valence-electron chi connectivity index (χ4n) is 3.24. The summed E-state index contributed by atoms with van der Waals surface area (Å²) in [4.78, 5) is 28.8. The van der Waals surface area contributed by atoms with Crippen LogP contribution in [-0.2, 0) is 14.3 Å². The van der Waals surface area contributed by atoms with E-state index in [4.69, 9.17) is 4.74 Å². The zero-order chi connectivity index (χ0) is 14.8. The van der Waals surface area contributed by atoms with E-state index in [-0.39, 0.29) is 17.9 Å². The van der Waals surface area contributed by atoms with Crippen molar-refractivity contribution in [1.82, 2.24) is 15.1 Å². The maximum Gasteiger partial charge on any atom is 0.245 e. The smallest absolute Gasteiger partial charge is 0.245 e. The molecule has 2 fully saturated rings.